The number of hydrogen-bond acceptors (Lipinski definition) is 5. The largest absolute Gasteiger partial charge is 0.472 e. The van der Waals surface area contributed by atoms with Crippen molar-refractivity contribution in [3.05, 3.63) is 60.9 Å². The van der Waals surface area contributed by atoms with Gasteiger partial charge in [0.1, 0.15) is 11.4 Å². The molecule has 0 radical (unpaired) electrons. The maximum absolute atomic E-state index is 12.6. The Balaban J connectivity index is 1.57. The summed E-state index contributed by atoms with van der Waals surface area (Å²) in [6, 6.07) is 9.42. The van der Waals surface area contributed by atoms with Gasteiger partial charge in [-0.1, -0.05) is 12.8 Å². The number of fused-ring (bicyclic) bond motifs is 1. The molecule has 0 aliphatic heterocycles. The van der Waals surface area contributed by atoms with Crippen LogP contribution >= 0.6 is 0 Å². The molecule has 4 aromatic rings. The lowest BCUT2D eigenvalue weighted by Gasteiger charge is -2.12. The zero-order chi connectivity index (χ0) is 18.9. The van der Waals surface area contributed by atoms with E-state index in [9.17, 15) is 4.79 Å². The van der Waals surface area contributed by atoms with Gasteiger partial charge < -0.3 is 14.2 Å². The quantitative estimate of drug-likeness (QED) is 0.554. The molecule has 0 bridgehead atoms. The Morgan fingerprint density at radius 1 is 0.893 bits per heavy atom. The summed E-state index contributed by atoms with van der Waals surface area (Å²) in [5.74, 6) is -0.0561. The van der Waals surface area contributed by atoms with Crippen LogP contribution in [0.3, 0.4) is 0 Å². The molecular weight excluding hydrogens is 354 g/mol. The second kappa shape index (κ2) is 6.96. The summed E-state index contributed by atoms with van der Waals surface area (Å²) in [5.41, 5.74) is 5.06. The number of nitrogens with one attached hydrogen (secondary N) is 1. The third-order valence-corrected chi connectivity index (χ3v) is 5.21. The summed E-state index contributed by atoms with van der Waals surface area (Å²) in [4.78, 5) is 22.2. The van der Waals surface area contributed by atoms with Gasteiger partial charge in [-0.3, -0.25) is 4.79 Å². The SMILES string of the molecule is O=C(NC1CCCC1)c1ccc2nc(-c3ccoc3)c(-c3ccoc3)nc2c1. The molecule has 1 N–H and O–H groups in total. The van der Waals surface area contributed by atoms with Crippen molar-refractivity contribution in [2.45, 2.75) is 31.7 Å². The maximum atomic E-state index is 12.6. The Labute approximate surface area is 161 Å². The van der Waals surface area contributed by atoms with Crippen LogP contribution in [0.4, 0.5) is 0 Å². The zero-order valence-electron chi connectivity index (χ0n) is 15.2. The molecule has 0 unspecified atom stereocenters. The van der Waals surface area contributed by atoms with Gasteiger partial charge in [-0.2, -0.15) is 0 Å². The van der Waals surface area contributed by atoms with E-state index in [4.69, 9.17) is 18.8 Å². The van der Waals surface area contributed by atoms with Crippen LogP contribution in [0.15, 0.2) is 64.2 Å². The van der Waals surface area contributed by atoms with Crippen LogP contribution < -0.4 is 5.32 Å². The first-order valence-electron chi connectivity index (χ1n) is 9.46. The minimum atomic E-state index is -0.0561. The van der Waals surface area contributed by atoms with Crippen molar-refractivity contribution in [1.29, 1.82) is 0 Å². The molecule has 28 heavy (non-hydrogen) atoms. The maximum Gasteiger partial charge on any atom is 0.251 e. The Bertz CT molecular complexity index is 1110. The smallest absolute Gasteiger partial charge is 0.251 e. The van der Waals surface area contributed by atoms with E-state index >= 15 is 0 Å². The lowest BCUT2D eigenvalue weighted by molar-refractivity contribution is 0.0938. The van der Waals surface area contributed by atoms with E-state index < -0.39 is 0 Å². The Morgan fingerprint density at radius 3 is 2.14 bits per heavy atom. The van der Waals surface area contributed by atoms with E-state index in [1.165, 1.54) is 12.8 Å². The Morgan fingerprint density at radius 2 is 1.54 bits per heavy atom. The van der Waals surface area contributed by atoms with Crippen LogP contribution in [0.2, 0.25) is 0 Å². The van der Waals surface area contributed by atoms with E-state index in [2.05, 4.69) is 5.32 Å². The highest BCUT2D eigenvalue weighted by molar-refractivity contribution is 5.98. The molecule has 140 valence electrons. The highest BCUT2D eigenvalue weighted by atomic mass is 16.3. The van der Waals surface area contributed by atoms with Crippen LogP contribution in [0.1, 0.15) is 36.0 Å². The summed E-state index contributed by atoms with van der Waals surface area (Å²) in [7, 11) is 0. The van der Waals surface area contributed by atoms with Gasteiger partial charge in [0, 0.05) is 22.7 Å². The molecule has 1 aromatic carbocycles. The normalized spacial score (nSPS) is 14.6. The summed E-state index contributed by atoms with van der Waals surface area (Å²) >= 11 is 0. The first-order valence-corrected chi connectivity index (χ1v) is 9.46. The van der Waals surface area contributed by atoms with Crippen molar-refractivity contribution in [2.75, 3.05) is 0 Å². The minimum Gasteiger partial charge on any atom is -0.472 e. The van der Waals surface area contributed by atoms with E-state index in [0.717, 1.165) is 29.5 Å². The fourth-order valence-corrected chi connectivity index (χ4v) is 3.74. The van der Waals surface area contributed by atoms with Crippen molar-refractivity contribution in [1.82, 2.24) is 15.3 Å². The Kier molecular flexibility index (Phi) is 4.16. The van der Waals surface area contributed by atoms with Crippen molar-refractivity contribution < 1.29 is 13.6 Å². The highest BCUT2D eigenvalue weighted by Gasteiger charge is 2.19. The van der Waals surface area contributed by atoms with Gasteiger partial charge in [0.25, 0.3) is 5.91 Å². The van der Waals surface area contributed by atoms with Gasteiger partial charge in [0.15, 0.2) is 0 Å². The minimum absolute atomic E-state index is 0.0561. The Hall–Kier alpha value is -3.41. The van der Waals surface area contributed by atoms with Crippen molar-refractivity contribution in [2.24, 2.45) is 0 Å². The molecule has 5 rings (SSSR count). The van der Waals surface area contributed by atoms with Crippen LogP contribution in [0.5, 0.6) is 0 Å². The van der Waals surface area contributed by atoms with Crippen LogP contribution in [0.25, 0.3) is 33.5 Å². The third-order valence-electron chi connectivity index (χ3n) is 5.21. The predicted molar refractivity (Wildman–Crippen MR) is 105 cm³/mol. The van der Waals surface area contributed by atoms with Gasteiger partial charge >= 0.3 is 0 Å². The standard InChI is InChI=1S/C22H19N3O3/c26-22(23-17-3-1-2-4-17)14-5-6-18-19(11-14)25-21(16-8-10-28-13-16)20(24-18)15-7-9-27-12-15/h5-13,17H,1-4H2,(H,23,26). The lowest BCUT2D eigenvalue weighted by Crippen LogP contribution is -2.32. The molecule has 0 atom stereocenters. The topological polar surface area (TPSA) is 81.2 Å². The molecule has 3 heterocycles. The van der Waals surface area contributed by atoms with E-state index in [1.807, 2.05) is 18.2 Å². The molecule has 6 heteroatoms. The van der Waals surface area contributed by atoms with E-state index in [0.29, 0.717) is 22.5 Å². The number of carbonyl (C=O) groups excluding carboxylic acids is 1. The van der Waals surface area contributed by atoms with Crippen LogP contribution in [-0.4, -0.2) is 21.9 Å². The fourth-order valence-electron chi connectivity index (χ4n) is 3.74. The average molecular weight is 373 g/mol. The molecule has 0 saturated heterocycles. The molecule has 1 saturated carbocycles. The predicted octanol–water partition coefficient (Wildman–Crippen LogP) is 4.82. The first kappa shape index (κ1) is 16.7. The number of hydrogen-bond donors (Lipinski definition) is 1. The van der Waals surface area contributed by atoms with E-state index in [-0.39, 0.29) is 11.9 Å². The van der Waals surface area contributed by atoms with Crippen LogP contribution in [0, 0.1) is 0 Å². The molecular formula is C22H19N3O3. The summed E-state index contributed by atoms with van der Waals surface area (Å²) in [5, 5.41) is 3.12. The molecule has 1 aliphatic rings. The molecule has 1 fully saturated rings. The first-order chi connectivity index (χ1) is 13.8. The van der Waals surface area contributed by atoms with Gasteiger partial charge in [-0.25, -0.2) is 9.97 Å². The highest BCUT2D eigenvalue weighted by Crippen LogP contribution is 2.31. The van der Waals surface area contributed by atoms with Gasteiger partial charge in [0.2, 0.25) is 0 Å². The fraction of sp³-hybridized carbons (Fsp3) is 0.227. The number of nitrogens with zero attached hydrogens (tertiary/aromatic N) is 2. The molecule has 0 spiro atoms. The zero-order valence-corrected chi connectivity index (χ0v) is 15.2. The molecule has 6 nitrogen and oxygen atoms in total. The number of amides is 1. The van der Waals surface area contributed by atoms with Crippen LogP contribution in [-0.2, 0) is 0 Å². The molecule has 1 amide bonds. The number of furan rings is 2. The molecule has 3 aromatic heterocycles. The summed E-state index contributed by atoms with van der Waals surface area (Å²) in [6.07, 6.45) is 11.0. The number of carbonyl (C=O) groups is 1. The molecule has 1 aliphatic carbocycles. The average Bonchev–Trinajstić information content (AvgIpc) is 3.50. The van der Waals surface area contributed by atoms with Crippen molar-refractivity contribution in [3.8, 4) is 22.5 Å². The lowest BCUT2D eigenvalue weighted by atomic mass is 10.1. The van der Waals surface area contributed by atoms with Gasteiger partial charge in [0.05, 0.1) is 36.1 Å². The second-order valence-corrected chi connectivity index (χ2v) is 7.10. The summed E-state index contributed by atoms with van der Waals surface area (Å²) in [6.45, 7) is 0. The van der Waals surface area contributed by atoms with Gasteiger partial charge in [-0.05, 0) is 43.2 Å². The summed E-state index contributed by atoms with van der Waals surface area (Å²) < 4.78 is 10.5. The van der Waals surface area contributed by atoms with Crippen molar-refractivity contribution in [3.63, 3.8) is 0 Å². The van der Waals surface area contributed by atoms with Gasteiger partial charge in [-0.15, -0.1) is 0 Å². The second-order valence-electron chi connectivity index (χ2n) is 7.10. The van der Waals surface area contributed by atoms with Crippen molar-refractivity contribution >= 4 is 16.9 Å². The number of rotatable bonds is 4. The number of benzene rings is 1. The monoisotopic (exact) mass is 373 g/mol. The third kappa shape index (κ3) is 3.07. The number of aromatic nitrogens is 2. The van der Waals surface area contributed by atoms with E-state index in [1.54, 1.807) is 37.2 Å².